The van der Waals surface area contributed by atoms with E-state index in [0.29, 0.717) is 30.8 Å². The molecule has 1 aliphatic heterocycles. The quantitative estimate of drug-likeness (QED) is 0.642. The summed E-state index contributed by atoms with van der Waals surface area (Å²) in [4.78, 5) is 26.0. The Morgan fingerprint density at radius 2 is 2.12 bits per heavy atom. The summed E-state index contributed by atoms with van der Waals surface area (Å²) < 4.78 is 6.29. The van der Waals surface area contributed by atoms with Gasteiger partial charge in [-0.3, -0.25) is 14.7 Å². The van der Waals surface area contributed by atoms with Gasteiger partial charge < -0.3 is 19.8 Å². The van der Waals surface area contributed by atoms with Gasteiger partial charge in [-0.2, -0.15) is 0 Å². The number of aromatic nitrogens is 2. The Kier molecular flexibility index (Phi) is 8.39. The van der Waals surface area contributed by atoms with Crippen LogP contribution < -0.4 is 4.74 Å². The van der Waals surface area contributed by atoms with E-state index in [1.807, 2.05) is 39.1 Å². The van der Waals surface area contributed by atoms with Crippen molar-refractivity contribution >= 4 is 5.91 Å². The summed E-state index contributed by atoms with van der Waals surface area (Å²) in [5.74, 6) is 5.50. The molecule has 3 heterocycles. The molecular weight excluding hydrogens is 420 g/mol. The predicted molar refractivity (Wildman–Crippen MR) is 125 cm³/mol. The van der Waals surface area contributed by atoms with Crippen LogP contribution in [0.1, 0.15) is 42.4 Å². The summed E-state index contributed by atoms with van der Waals surface area (Å²) in [5.41, 5.74) is 1.78. The van der Waals surface area contributed by atoms with Crippen LogP contribution in [0.3, 0.4) is 0 Å². The SMILES string of the molecule is C[C@H](O)C#Cc1cnc2c(c1)C(=O)N([C@@H](C)CO)C[C@H](C)[C@@H](CN(C)Cc1ccccn1)O2. The number of hydrogen-bond acceptors (Lipinski definition) is 7. The molecule has 8 nitrogen and oxygen atoms in total. The van der Waals surface area contributed by atoms with Gasteiger partial charge in [0.15, 0.2) is 0 Å². The normalized spacial score (nSPS) is 20.1. The Morgan fingerprint density at radius 3 is 2.79 bits per heavy atom. The number of pyridine rings is 2. The van der Waals surface area contributed by atoms with Crippen LogP contribution in [-0.2, 0) is 6.54 Å². The lowest BCUT2D eigenvalue weighted by atomic mass is 10.00. The summed E-state index contributed by atoms with van der Waals surface area (Å²) in [6, 6.07) is 7.12. The molecule has 1 aliphatic rings. The maximum atomic E-state index is 13.4. The molecule has 0 bridgehead atoms. The van der Waals surface area contributed by atoms with Gasteiger partial charge in [0.1, 0.15) is 17.8 Å². The highest BCUT2D eigenvalue weighted by Gasteiger charge is 2.34. The first-order valence-corrected chi connectivity index (χ1v) is 11.1. The van der Waals surface area contributed by atoms with Crippen LogP contribution in [0.15, 0.2) is 36.7 Å². The molecule has 33 heavy (non-hydrogen) atoms. The lowest BCUT2D eigenvalue weighted by Gasteiger charge is -2.37. The molecule has 176 valence electrons. The van der Waals surface area contributed by atoms with Crippen molar-refractivity contribution in [2.45, 2.75) is 45.6 Å². The number of fused-ring (bicyclic) bond motifs is 1. The lowest BCUT2D eigenvalue weighted by Crippen LogP contribution is -2.49. The van der Waals surface area contributed by atoms with E-state index in [4.69, 9.17) is 4.74 Å². The molecule has 2 N–H and O–H groups in total. The minimum Gasteiger partial charge on any atom is -0.472 e. The molecule has 0 unspecified atom stereocenters. The molecule has 2 aromatic rings. The Labute approximate surface area is 195 Å². The number of hydrogen-bond donors (Lipinski definition) is 2. The number of rotatable bonds is 6. The topological polar surface area (TPSA) is 99.0 Å². The number of carbonyl (C=O) groups is 1. The van der Waals surface area contributed by atoms with Crippen LogP contribution in [0.2, 0.25) is 0 Å². The highest BCUT2D eigenvalue weighted by Crippen LogP contribution is 2.27. The van der Waals surface area contributed by atoms with Gasteiger partial charge in [0.05, 0.1) is 18.3 Å². The highest BCUT2D eigenvalue weighted by molar-refractivity contribution is 5.97. The van der Waals surface area contributed by atoms with E-state index in [0.717, 1.165) is 5.69 Å². The van der Waals surface area contributed by atoms with Gasteiger partial charge in [-0.15, -0.1) is 0 Å². The monoisotopic (exact) mass is 452 g/mol. The number of likely N-dealkylation sites (N-methyl/N-ethyl adjacent to an activating group) is 1. The van der Waals surface area contributed by atoms with E-state index in [9.17, 15) is 15.0 Å². The van der Waals surface area contributed by atoms with Crippen LogP contribution in [0.4, 0.5) is 0 Å². The third-order valence-corrected chi connectivity index (χ3v) is 5.60. The maximum absolute atomic E-state index is 13.4. The zero-order valence-corrected chi connectivity index (χ0v) is 19.6. The van der Waals surface area contributed by atoms with Crippen molar-refractivity contribution in [3.05, 3.63) is 53.5 Å². The summed E-state index contributed by atoms with van der Waals surface area (Å²) in [6.45, 7) is 6.99. The summed E-state index contributed by atoms with van der Waals surface area (Å²) in [5, 5.41) is 19.2. The van der Waals surface area contributed by atoms with Crippen molar-refractivity contribution in [2.75, 3.05) is 26.7 Å². The fourth-order valence-electron chi connectivity index (χ4n) is 3.72. The van der Waals surface area contributed by atoms with Crippen LogP contribution >= 0.6 is 0 Å². The second kappa shape index (κ2) is 11.2. The third kappa shape index (κ3) is 6.51. The average Bonchev–Trinajstić information content (AvgIpc) is 2.80. The largest absolute Gasteiger partial charge is 0.472 e. The van der Waals surface area contributed by atoms with Crippen molar-refractivity contribution in [3.63, 3.8) is 0 Å². The molecule has 0 aliphatic carbocycles. The summed E-state index contributed by atoms with van der Waals surface area (Å²) >= 11 is 0. The molecule has 0 aromatic carbocycles. The van der Waals surface area contributed by atoms with Crippen LogP contribution in [0, 0.1) is 17.8 Å². The number of aliphatic hydroxyl groups is 2. The standard InChI is InChI=1S/C25H32N4O4/c1-17-13-29(18(2)16-30)25(32)22-11-20(9-8-19(3)31)12-27-24(22)33-23(17)15-28(4)14-21-7-5-6-10-26-21/h5-7,10-12,17-19,23,30-31H,13-16H2,1-4H3/t17-,18-,19-,23+/m0/s1. The van der Waals surface area contributed by atoms with E-state index in [2.05, 4.69) is 26.7 Å². The van der Waals surface area contributed by atoms with E-state index in [-0.39, 0.29) is 36.5 Å². The van der Waals surface area contributed by atoms with E-state index >= 15 is 0 Å². The molecule has 1 amide bonds. The Hall–Kier alpha value is -2.99. The van der Waals surface area contributed by atoms with Gasteiger partial charge in [-0.1, -0.05) is 24.8 Å². The second-order valence-corrected chi connectivity index (χ2v) is 8.66. The van der Waals surface area contributed by atoms with Gasteiger partial charge in [0.2, 0.25) is 5.88 Å². The molecule has 0 fully saturated rings. The molecule has 3 rings (SSSR count). The Morgan fingerprint density at radius 1 is 1.33 bits per heavy atom. The van der Waals surface area contributed by atoms with Gasteiger partial charge in [0, 0.05) is 43.5 Å². The van der Waals surface area contributed by atoms with Crippen molar-refractivity contribution in [1.29, 1.82) is 0 Å². The molecule has 0 radical (unpaired) electrons. The van der Waals surface area contributed by atoms with Crippen LogP contribution in [0.5, 0.6) is 5.88 Å². The number of carbonyl (C=O) groups excluding carboxylic acids is 1. The minimum absolute atomic E-state index is 0.00112. The fourth-order valence-corrected chi connectivity index (χ4v) is 3.72. The van der Waals surface area contributed by atoms with Gasteiger partial charge in [-0.25, -0.2) is 4.98 Å². The van der Waals surface area contributed by atoms with Crippen molar-refractivity contribution in [1.82, 2.24) is 19.8 Å². The van der Waals surface area contributed by atoms with Crippen molar-refractivity contribution in [2.24, 2.45) is 5.92 Å². The number of nitrogens with zero attached hydrogens (tertiary/aromatic N) is 4. The number of aliphatic hydroxyl groups excluding tert-OH is 2. The molecule has 2 aromatic heterocycles. The van der Waals surface area contributed by atoms with E-state index in [1.54, 1.807) is 30.3 Å². The molecule has 4 atom stereocenters. The zero-order valence-electron chi connectivity index (χ0n) is 19.6. The predicted octanol–water partition coefficient (Wildman–Crippen LogP) is 1.56. The minimum atomic E-state index is -0.787. The molecule has 0 spiro atoms. The molecule has 0 saturated heterocycles. The van der Waals surface area contributed by atoms with E-state index in [1.165, 1.54) is 0 Å². The summed E-state index contributed by atoms with van der Waals surface area (Å²) in [7, 11) is 2.01. The third-order valence-electron chi connectivity index (χ3n) is 5.60. The van der Waals surface area contributed by atoms with Crippen molar-refractivity contribution in [3.8, 4) is 17.7 Å². The first kappa shape index (κ1) is 24.6. The van der Waals surface area contributed by atoms with Gasteiger partial charge in [-0.05, 0) is 39.1 Å². The highest BCUT2D eigenvalue weighted by atomic mass is 16.5. The maximum Gasteiger partial charge on any atom is 0.259 e. The van der Waals surface area contributed by atoms with Crippen molar-refractivity contribution < 1.29 is 19.7 Å². The number of ether oxygens (including phenoxy) is 1. The molecular formula is C25H32N4O4. The first-order chi connectivity index (χ1) is 15.8. The van der Waals surface area contributed by atoms with Crippen LogP contribution in [-0.4, -0.2) is 80.9 Å². The fraction of sp³-hybridized carbons (Fsp3) is 0.480. The number of amides is 1. The second-order valence-electron chi connectivity index (χ2n) is 8.66. The first-order valence-electron chi connectivity index (χ1n) is 11.1. The van der Waals surface area contributed by atoms with Crippen LogP contribution in [0.25, 0.3) is 0 Å². The lowest BCUT2D eigenvalue weighted by molar-refractivity contribution is 0.0324. The molecule has 0 saturated carbocycles. The Balaban J connectivity index is 1.91. The average molecular weight is 453 g/mol. The molecule has 8 heteroatoms. The van der Waals surface area contributed by atoms with Gasteiger partial charge in [0.25, 0.3) is 5.91 Å². The van der Waals surface area contributed by atoms with E-state index < -0.39 is 6.10 Å². The Bertz CT molecular complexity index is 1000. The zero-order chi connectivity index (χ0) is 24.0. The smallest absolute Gasteiger partial charge is 0.259 e. The van der Waals surface area contributed by atoms with Gasteiger partial charge >= 0.3 is 0 Å². The summed E-state index contributed by atoms with van der Waals surface area (Å²) in [6.07, 6.45) is 2.30.